The first-order valence-electron chi connectivity index (χ1n) is 11.5. The van der Waals surface area contributed by atoms with Crippen molar-refractivity contribution in [3.05, 3.63) is 83.9 Å². The zero-order valence-corrected chi connectivity index (χ0v) is 18.7. The van der Waals surface area contributed by atoms with Crippen molar-refractivity contribution in [3.63, 3.8) is 0 Å². The van der Waals surface area contributed by atoms with Gasteiger partial charge in [0.1, 0.15) is 11.6 Å². The maximum Gasteiger partial charge on any atom is 0.419 e. The molecular formula is C29H25F5. The maximum absolute atomic E-state index is 14.9. The van der Waals surface area contributed by atoms with Crippen molar-refractivity contribution in [3.8, 4) is 23.0 Å². The van der Waals surface area contributed by atoms with E-state index in [0.717, 1.165) is 38.0 Å². The fourth-order valence-corrected chi connectivity index (χ4v) is 4.64. The molecule has 0 nitrogen and oxygen atoms in total. The molecule has 1 saturated carbocycles. The molecule has 0 saturated heterocycles. The number of benzene rings is 3. The summed E-state index contributed by atoms with van der Waals surface area (Å²) in [6.07, 6.45) is 3.85. The molecule has 3 aromatic carbocycles. The van der Waals surface area contributed by atoms with Gasteiger partial charge in [0.2, 0.25) is 0 Å². The molecule has 5 heteroatoms. The van der Waals surface area contributed by atoms with Gasteiger partial charge in [-0.05, 0) is 79.7 Å². The molecule has 1 fully saturated rings. The van der Waals surface area contributed by atoms with Gasteiger partial charge in [-0.15, -0.1) is 6.58 Å². The van der Waals surface area contributed by atoms with E-state index < -0.39 is 23.4 Å². The zero-order chi connectivity index (χ0) is 24.3. The van der Waals surface area contributed by atoms with Crippen molar-refractivity contribution >= 4 is 10.8 Å². The van der Waals surface area contributed by atoms with Crippen LogP contribution in [-0.2, 0) is 6.18 Å². The fraction of sp³-hybridized carbons (Fsp3) is 0.310. The summed E-state index contributed by atoms with van der Waals surface area (Å²) < 4.78 is 68.1. The maximum atomic E-state index is 14.9. The average molecular weight is 469 g/mol. The molecule has 34 heavy (non-hydrogen) atoms. The van der Waals surface area contributed by atoms with Crippen LogP contribution >= 0.6 is 0 Å². The number of hydrogen-bond acceptors (Lipinski definition) is 0. The van der Waals surface area contributed by atoms with E-state index >= 15 is 0 Å². The first kappa shape index (κ1) is 24.0. The molecule has 0 heterocycles. The van der Waals surface area contributed by atoms with E-state index in [1.807, 2.05) is 6.08 Å². The number of fused-ring (bicyclic) bond motifs is 1. The minimum Gasteiger partial charge on any atom is -0.206 e. The van der Waals surface area contributed by atoms with Gasteiger partial charge < -0.3 is 0 Å². The number of hydrogen-bond donors (Lipinski definition) is 0. The monoisotopic (exact) mass is 468 g/mol. The highest BCUT2D eigenvalue weighted by atomic mass is 19.4. The molecule has 0 amide bonds. The van der Waals surface area contributed by atoms with Gasteiger partial charge in [-0.2, -0.15) is 13.2 Å². The molecule has 4 rings (SSSR count). The standard InChI is InChI=1S/C29H25F5/c1-2-3-4-19-5-7-20(8-6-19)9-10-21-11-14-24(27(30)17-21)22-12-15-25-23(18-22)13-16-26(28(25)31)29(32,33)34/h2,11-20H,1,3-8H2. The summed E-state index contributed by atoms with van der Waals surface area (Å²) in [7, 11) is 0. The molecule has 0 atom stereocenters. The Kier molecular flexibility index (Phi) is 7.07. The number of allylic oxidation sites excluding steroid dienone is 1. The lowest BCUT2D eigenvalue weighted by Gasteiger charge is -2.25. The van der Waals surface area contributed by atoms with Gasteiger partial charge in [0.15, 0.2) is 0 Å². The van der Waals surface area contributed by atoms with Crippen LogP contribution in [0.15, 0.2) is 61.2 Å². The second-order valence-corrected chi connectivity index (χ2v) is 8.91. The molecular weight excluding hydrogens is 443 g/mol. The van der Waals surface area contributed by atoms with Crippen LogP contribution in [0.2, 0.25) is 0 Å². The van der Waals surface area contributed by atoms with E-state index in [-0.39, 0.29) is 16.3 Å². The van der Waals surface area contributed by atoms with Gasteiger partial charge in [0.25, 0.3) is 0 Å². The Morgan fingerprint density at radius 1 is 0.941 bits per heavy atom. The topological polar surface area (TPSA) is 0 Å². The number of halogens is 5. The van der Waals surface area contributed by atoms with Gasteiger partial charge in [-0.1, -0.05) is 42.2 Å². The van der Waals surface area contributed by atoms with Crippen LogP contribution in [0.5, 0.6) is 0 Å². The molecule has 0 unspecified atom stereocenters. The smallest absolute Gasteiger partial charge is 0.206 e. The highest BCUT2D eigenvalue weighted by Gasteiger charge is 2.34. The lowest BCUT2D eigenvalue weighted by molar-refractivity contribution is -0.139. The summed E-state index contributed by atoms with van der Waals surface area (Å²) in [5, 5.41) is 0.121. The Hall–Kier alpha value is -3.13. The zero-order valence-electron chi connectivity index (χ0n) is 18.7. The molecule has 0 aromatic heterocycles. The second-order valence-electron chi connectivity index (χ2n) is 8.91. The molecule has 1 aliphatic carbocycles. The van der Waals surface area contributed by atoms with E-state index in [2.05, 4.69) is 18.4 Å². The molecule has 3 aromatic rings. The molecule has 176 valence electrons. The van der Waals surface area contributed by atoms with Crippen LogP contribution in [0.3, 0.4) is 0 Å². The average Bonchev–Trinajstić information content (AvgIpc) is 2.81. The van der Waals surface area contributed by atoms with Crippen LogP contribution < -0.4 is 0 Å². The number of alkyl halides is 3. The molecule has 1 aliphatic rings. The third-order valence-corrected chi connectivity index (χ3v) is 6.59. The van der Waals surface area contributed by atoms with Crippen LogP contribution in [0.4, 0.5) is 22.0 Å². The van der Waals surface area contributed by atoms with Gasteiger partial charge in [-0.3, -0.25) is 0 Å². The van der Waals surface area contributed by atoms with Crippen LogP contribution in [0.1, 0.15) is 49.7 Å². The molecule has 0 radical (unpaired) electrons. The van der Waals surface area contributed by atoms with E-state index in [9.17, 15) is 22.0 Å². The first-order chi connectivity index (χ1) is 16.3. The van der Waals surface area contributed by atoms with Crippen LogP contribution in [0.25, 0.3) is 21.9 Å². The Bertz CT molecular complexity index is 1250. The molecule has 0 aliphatic heterocycles. The highest BCUT2D eigenvalue weighted by Crippen LogP contribution is 2.36. The Labute approximate surface area is 196 Å². The summed E-state index contributed by atoms with van der Waals surface area (Å²) >= 11 is 0. The Morgan fingerprint density at radius 3 is 2.38 bits per heavy atom. The fourth-order valence-electron chi connectivity index (χ4n) is 4.64. The van der Waals surface area contributed by atoms with Gasteiger partial charge in [0.05, 0.1) is 5.56 Å². The van der Waals surface area contributed by atoms with Crippen LogP contribution in [-0.4, -0.2) is 0 Å². The summed E-state index contributed by atoms with van der Waals surface area (Å²) in [6.45, 7) is 3.78. The van der Waals surface area contributed by atoms with Gasteiger partial charge in [0, 0.05) is 22.4 Å². The Balaban J connectivity index is 1.51. The second kappa shape index (κ2) is 10.0. The summed E-state index contributed by atoms with van der Waals surface area (Å²) in [5.41, 5.74) is 0.0146. The largest absolute Gasteiger partial charge is 0.419 e. The third kappa shape index (κ3) is 5.33. The third-order valence-electron chi connectivity index (χ3n) is 6.59. The Morgan fingerprint density at radius 2 is 1.71 bits per heavy atom. The van der Waals surface area contributed by atoms with Crippen LogP contribution in [0, 0.1) is 35.3 Å². The van der Waals surface area contributed by atoms with Gasteiger partial charge >= 0.3 is 6.18 Å². The normalized spacial score (nSPS) is 18.4. The van der Waals surface area contributed by atoms with Crippen molar-refractivity contribution in [2.24, 2.45) is 11.8 Å². The van der Waals surface area contributed by atoms with Crippen molar-refractivity contribution < 1.29 is 22.0 Å². The summed E-state index contributed by atoms with van der Waals surface area (Å²) in [5.74, 6) is 5.62. The predicted octanol–water partition coefficient (Wildman–Crippen LogP) is 8.93. The minimum absolute atomic E-state index is 0.152. The summed E-state index contributed by atoms with van der Waals surface area (Å²) in [4.78, 5) is 0. The molecule has 0 bridgehead atoms. The van der Waals surface area contributed by atoms with Crippen molar-refractivity contribution in [1.82, 2.24) is 0 Å². The van der Waals surface area contributed by atoms with E-state index in [1.54, 1.807) is 12.1 Å². The van der Waals surface area contributed by atoms with Crippen molar-refractivity contribution in [1.29, 1.82) is 0 Å². The molecule has 0 spiro atoms. The quantitative estimate of drug-likeness (QED) is 0.204. The predicted molar refractivity (Wildman–Crippen MR) is 126 cm³/mol. The van der Waals surface area contributed by atoms with Crippen molar-refractivity contribution in [2.45, 2.75) is 44.7 Å². The lowest BCUT2D eigenvalue weighted by atomic mass is 9.80. The van der Waals surface area contributed by atoms with Gasteiger partial charge in [-0.25, -0.2) is 8.78 Å². The van der Waals surface area contributed by atoms with Crippen molar-refractivity contribution in [2.75, 3.05) is 0 Å². The minimum atomic E-state index is -4.77. The van der Waals surface area contributed by atoms with E-state index in [0.29, 0.717) is 23.1 Å². The lowest BCUT2D eigenvalue weighted by Crippen LogP contribution is -2.13. The van der Waals surface area contributed by atoms with E-state index in [4.69, 9.17) is 0 Å². The first-order valence-corrected chi connectivity index (χ1v) is 11.5. The van der Waals surface area contributed by atoms with E-state index in [1.165, 1.54) is 36.8 Å². The highest BCUT2D eigenvalue weighted by molar-refractivity contribution is 5.88. The SMILES string of the molecule is C=CCCC1CCC(C#Cc2ccc(-c3ccc4c(F)c(C(F)(F)F)ccc4c3)c(F)c2)CC1. The molecule has 0 N–H and O–H groups in total. The summed E-state index contributed by atoms with van der Waals surface area (Å²) in [6, 6.07) is 10.8. The number of rotatable bonds is 4.